The van der Waals surface area contributed by atoms with Crippen molar-refractivity contribution >= 4 is 40.4 Å². The van der Waals surface area contributed by atoms with E-state index in [9.17, 15) is 5.11 Å². The Kier molecular flexibility index (Phi) is 6.57. The molecule has 7 nitrogen and oxygen atoms in total. The molecule has 9 heteroatoms. The number of anilines is 2. The normalized spacial score (nSPS) is 19.2. The van der Waals surface area contributed by atoms with Crippen LogP contribution in [0.5, 0.6) is 5.75 Å². The van der Waals surface area contributed by atoms with Gasteiger partial charge in [-0.15, -0.1) is 0 Å². The number of nitrogen functional groups attached to an aromatic ring is 1. The van der Waals surface area contributed by atoms with Crippen molar-refractivity contribution in [3.63, 3.8) is 0 Å². The molecule has 2 atom stereocenters. The fourth-order valence-electron chi connectivity index (χ4n) is 5.31. The molecule has 1 spiro atoms. The number of rotatable bonds is 6. The zero-order valence-corrected chi connectivity index (χ0v) is 21.8. The van der Waals surface area contributed by atoms with Crippen molar-refractivity contribution in [2.24, 2.45) is 5.41 Å². The summed E-state index contributed by atoms with van der Waals surface area (Å²) in [7, 11) is 0. The van der Waals surface area contributed by atoms with E-state index in [1.807, 2.05) is 26.0 Å². The second-order valence-electron chi connectivity index (χ2n) is 9.96. The molecular formula is C27H29Cl2N5O2. The van der Waals surface area contributed by atoms with Gasteiger partial charge < -0.3 is 20.5 Å². The highest BCUT2D eigenvalue weighted by Crippen LogP contribution is 2.46. The van der Waals surface area contributed by atoms with E-state index in [0.29, 0.717) is 43.9 Å². The summed E-state index contributed by atoms with van der Waals surface area (Å²) in [6.07, 6.45) is 5.52. The number of ether oxygens (including phenoxy) is 1. The summed E-state index contributed by atoms with van der Waals surface area (Å²) < 4.78 is 6.14. The van der Waals surface area contributed by atoms with Crippen LogP contribution in [-0.4, -0.2) is 40.0 Å². The average Bonchev–Trinajstić information content (AvgIpc) is 3.24. The van der Waals surface area contributed by atoms with Gasteiger partial charge in [0.1, 0.15) is 17.7 Å². The molecule has 0 amide bonds. The van der Waals surface area contributed by atoms with Crippen LogP contribution in [0.2, 0.25) is 10.0 Å². The zero-order valence-electron chi connectivity index (χ0n) is 20.3. The molecule has 5 rings (SSSR count). The first kappa shape index (κ1) is 24.8. The predicted molar refractivity (Wildman–Crippen MR) is 144 cm³/mol. The summed E-state index contributed by atoms with van der Waals surface area (Å²) in [5, 5.41) is 19.6. The van der Waals surface area contributed by atoms with Crippen LogP contribution >= 0.6 is 23.2 Å². The highest BCUT2D eigenvalue weighted by atomic mass is 35.5. The molecule has 1 saturated heterocycles. The summed E-state index contributed by atoms with van der Waals surface area (Å²) in [5.41, 5.74) is 9.77. The molecule has 4 N–H and O–H groups in total. The van der Waals surface area contributed by atoms with Crippen molar-refractivity contribution in [1.82, 2.24) is 9.97 Å². The first-order valence-corrected chi connectivity index (χ1v) is 12.8. The van der Waals surface area contributed by atoms with Gasteiger partial charge in [0.2, 0.25) is 0 Å². The SMILES string of the molecule is Cc1ncc(Cl)c([C@@H](C)Oc2ccc(N)c(C(=N)c3ccc(N4CC5(CCC(O)C5)C4)nc3)c2)c1Cl. The average molecular weight is 526 g/mol. The summed E-state index contributed by atoms with van der Waals surface area (Å²) in [6.45, 7) is 5.52. The molecule has 2 aliphatic rings. The maximum Gasteiger partial charge on any atom is 0.128 e. The minimum Gasteiger partial charge on any atom is -0.486 e. The number of benzene rings is 1. The van der Waals surface area contributed by atoms with E-state index >= 15 is 0 Å². The van der Waals surface area contributed by atoms with Crippen LogP contribution in [0, 0.1) is 17.7 Å². The highest BCUT2D eigenvalue weighted by molar-refractivity contribution is 6.36. The van der Waals surface area contributed by atoms with Crippen LogP contribution in [0.25, 0.3) is 0 Å². The maximum atomic E-state index is 9.88. The fraction of sp³-hybridized carbons (Fsp3) is 0.370. The zero-order chi connectivity index (χ0) is 25.6. The van der Waals surface area contributed by atoms with Crippen LogP contribution in [-0.2, 0) is 0 Å². The first-order chi connectivity index (χ1) is 17.2. The van der Waals surface area contributed by atoms with Gasteiger partial charge in [-0.1, -0.05) is 23.2 Å². The molecule has 2 fully saturated rings. The van der Waals surface area contributed by atoms with Gasteiger partial charge in [-0.05, 0) is 63.4 Å². The second-order valence-corrected chi connectivity index (χ2v) is 10.7. The number of aryl methyl sites for hydroxylation is 1. The lowest BCUT2D eigenvalue weighted by molar-refractivity contribution is 0.142. The fourth-order valence-corrected chi connectivity index (χ4v) is 5.96. The van der Waals surface area contributed by atoms with Crippen molar-refractivity contribution in [2.75, 3.05) is 23.7 Å². The lowest BCUT2D eigenvalue weighted by atomic mass is 9.78. The Balaban J connectivity index is 1.30. The third-order valence-electron chi connectivity index (χ3n) is 7.29. The number of halogens is 2. The number of aromatic nitrogens is 2. The Bertz CT molecular complexity index is 1310. The van der Waals surface area contributed by atoms with Crippen LogP contribution in [0.4, 0.5) is 11.5 Å². The maximum absolute atomic E-state index is 9.88. The molecule has 3 aromatic rings. The van der Waals surface area contributed by atoms with Gasteiger partial charge in [0, 0.05) is 53.3 Å². The third kappa shape index (κ3) is 4.63. The minimum atomic E-state index is -0.431. The standard InChI is InChI=1S/C27H29Cl2N5O2/c1-15-25(29)24(21(28)12-32-15)16(2)36-19-4-5-22(30)20(9-19)26(31)17-3-6-23(33-11-17)34-13-27(14-34)8-7-18(35)10-27/h3-6,9,11-12,16,18,31,35H,7-8,10,13-14,30H2,1-2H3/t16-,18?/m1/s1. The Morgan fingerprint density at radius 2 is 2.00 bits per heavy atom. The Morgan fingerprint density at radius 1 is 1.22 bits per heavy atom. The van der Waals surface area contributed by atoms with Crippen LogP contribution < -0.4 is 15.4 Å². The van der Waals surface area contributed by atoms with Crippen molar-refractivity contribution in [3.05, 3.63) is 75.2 Å². The first-order valence-electron chi connectivity index (χ1n) is 12.0. The van der Waals surface area contributed by atoms with Crippen molar-refractivity contribution in [1.29, 1.82) is 5.41 Å². The van der Waals surface area contributed by atoms with Gasteiger partial charge >= 0.3 is 0 Å². The number of hydrogen-bond acceptors (Lipinski definition) is 7. The van der Waals surface area contributed by atoms with E-state index in [1.165, 1.54) is 0 Å². The van der Waals surface area contributed by atoms with Crippen LogP contribution in [0.1, 0.15) is 54.7 Å². The van der Waals surface area contributed by atoms with Gasteiger partial charge in [0.15, 0.2) is 0 Å². The molecule has 0 radical (unpaired) electrons. The molecule has 3 heterocycles. The smallest absolute Gasteiger partial charge is 0.128 e. The number of aliphatic hydroxyl groups is 1. The summed E-state index contributed by atoms with van der Waals surface area (Å²) in [4.78, 5) is 11.0. The third-order valence-corrected chi connectivity index (χ3v) is 8.06. The van der Waals surface area contributed by atoms with E-state index in [4.69, 9.17) is 39.1 Å². The van der Waals surface area contributed by atoms with E-state index in [0.717, 1.165) is 38.2 Å². The van der Waals surface area contributed by atoms with E-state index in [1.54, 1.807) is 30.6 Å². The molecule has 0 bridgehead atoms. The van der Waals surface area contributed by atoms with Gasteiger partial charge in [0.05, 0.1) is 27.6 Å². The quantitative estimate of drug-likeness (QED) is 0.286. The number of nitrogens with one attached hydrogen (secondary N) is 1. The number of nitrogens with two attached hydrogens (primary N) is 1. The van der Waals surface area contributed by atoms with Crippen molar-refractivity contribution < 1.29 is 9.84 Å². The lowest BCUT2D eigenvalue weighted by Gasteiger charge is -2.49. The number of nitrogens with zero attached hydrogens (tertiary/aromatic N) is 3. The Morgan fingerprint density at radius 3 is 2.67 bits per heavy atom. The van der Waals surface area contributed by atoms with Gasteiger partial charge in [-0.25, -0.2) is 4.98 Å². The van der Waals surface area contributed by atoms with Crippen LogP contribution in [0.15, 0.2) is 42.7 Å². The number of pyridine rings is 2. The molecular weight excluding hydrogens is 497 g/mol. The predicted octanol–water partition coefficient (Wildman–Crippen LogP) is 5.58. The highest BCUT2D eigenvalue weighted by Gasteiger charge is 2.48. The summed E-state index contributed by atoms with van der Waals surface area (Å²) in [6, 6.07) is 9.08. The molecule has 1 saturated carbocycles. The largest absolute Gasteiger partial charge is 0.486 e. The molecule has 2 aromatic heterocycles. The number of hydrogen-bond donors (Lipinski definition) is 3. The monoisotopic (exact) mass is 525 g/mol. The molecule has 1 aromatic carbocycles. The second kappa shape index (κ2) is 9.54. The van der Waals surface area contributed by atoms with E-state index < -0.39 is 6.10 Å². The lowest BCUT2D eigenvalue weighted by Crippen LogP contribution is -2.55. The van der Waals surface area contributed by atoms with Crippen molar-refractivity contribution in [2.45, 2.75) is 45.3 Å². The Hall–Kier alpha value is -2.87. The summed E-state index contributed by atoms with van der Waals surface area (Å²) >= 11 is 12.8. The van der Waals surface area contributed by atoms with Gasteiger partial charge in [-0.3, -0.25) is 10.4 Å². The topological polar surface area (TPSA) is 108 Å². The summed E-state index contributed by atoms with van der Waals surface area (Å²) in [5.74, 6) is 1.44. The molecule has 1 unspecified atom stereocenters. The van der Waals surface area contributed by atoms with E-state index in [-0.39, 0.29) is 17.2 Å². The van der Waals surface area contributed by atoms with Gasteiger partial charge in [0.25, 0.3) is 0 Å². The van der Waals surface area contributed by atoms with Crippen molar-refractivity contribution in [3.8, 4) is 5.75 Å². The molecule has 1 aliphatic heterocycles. The minimum absolute atomic E-state index is 0.168. The molecule has 188 valence electrons. The van der Waals surface area contributed by atoms with E-state index in [2.05, 4.69) is 14.9 Å². The van der Waals surface area contributed by atoms with Gasteiger partial charge in [-0.2, -0.15) is 0 Å². The Labute approximate surface area is 220 Å². The van der Waals surface area contributed by atoms with Crippen LogP contribution in [0.3, 0.4) is 0 Å². The molecule has 1 aliphatic carbocycles. The molecule has 36 heavy (non-hydrogen) atoms. The number of aliphatic hydroxyl groups excluding tert-OH is 1.